The van der Waals surface area contributed by atoms with Crippen molar-refractivity contribution in [1.29, 1.82) is 5.26 Å². The Labute approximate surface area is 163 Å². The van der Waals surface area contributed by atoms with Crippen LogP contribution in [0.4, 0.5) is 13.2 Å². The highest BCUT2D eigenvalue weighted by molar-refractivity contribution is 5.93. The predicted octanol–water partition coefficient (Wildman–Crippen LogP) is 4.86. The molecule has 0 aliphatic heterocycles. The van der Waals surface area contributed by atoms with Crippen molar-refractivity contribution >= 4 is 16.7 Å². The highest BCUT2D eigenvalue weighted by Crippen LogP contribution is 2.37. The predicted molar refractivity (Wildman–Crippen MR) is 97.2 cm³/mol. The molecule has 0 radical (unpaired) electrons. The van der Waals surface area contributed by atoms with Crippen LogP contribution in [0, 0.1) is 28.8 Å². The van der Waals surface area contributed by atoms with E-state index in [0.717, 1.165) is 0 Å². The largest absolute Gasteiger partial charge is 0.478 e. The summed E-state index contributed by atoms with van der Waals surface area (Å²) in [5.41, 5.74) is -0.766. The molecule has 1 atom stereocenters. The molecule has 0 aromatic heterocycles. The number of hydrogen-bond donors (Lipinski definition) is 0. The summed E-state index contributed by atoms with van der Waals surface area (Å²) < 4.78 is 57.8. The first kappa shape index (κ1) is 20.0. The lowest BCUT2D eigenvalue weighted by atomic mass is 10.1. The minimum Gasteiger partial charge on any atom is -0.478 e. The second-order valence-corrected chi connectivity index (χ2v) is 5.97. The maximum atomic E-state index is 14.2. The number of esters is 1. The van der Waals surface area contributed by atoms with Crippen molar-refractivity contribution in [2.75, 3.05) is 7.11 Å². The first-order valence-corrected chi connectivity index (χ1v) is 8.39. The normalized spacial score (nSPS) is 11.6. The third kappa shape index (κ3) is 3.80. The van der Waals surface area contributed by atoms with Gasteiger partial charge in [0.25, 0.3) is 0 Å². The molecule has 8 heteroatoms. The third-order valence-corrected chi connectivity index (χ3v) is 4.13. The van der Waals surface area contributed by atoms with Crippen LogP contribution in [0.1, 0.15) is 12.5 Å². The van der Waals surface area contributed by atoms with Crippen LogP contribution < -0.4 is 9.47 Å². The highest BCUT2D eigenvalue weighted by Gasteiger charge is 2.22. The average Bonchev–Trinajstić information content (AvgIpc) is 2.73. The number of halogens is 3. The van der Waals surface area contributed by atoms with E-state index in [2.05, 4.69) is 4.74 Å². The first-order valence-electron chi connectivity index (χ1n) is 8.39. The number of fused-ring (bicyclic) bond motifs is 1. The Morgan fingerprint density at radius 3 is 2.28 bits per heavy atom. The van der Waals surface area contributed by atoms with Crippen molar-refractivity contribution in [3.63, 3.8) is 0 Å². The molecule has 1 unspecified atom stereocenters. The van der Waals surface area contributed by atoms with E-state index in [1.54, 1.807) is 30.3 Å². The molecule has 0 N–H and O–H groups in total. The van der Waals surface area contributed by atoms with Crippen LogP contribution in [0.2, 0.25) is 0 Å². The molecule has 5 nitrogen and oxygen atoms in total. The van der Waals surface area contributed by atoms with E-state index < -0.39 is 40.8 Å². The van der Waals surface area contributed by atoms with Gasteiger partial charge in [0.15, 0.2) is 17.7 Å². The molecule has 0 bridgehead atoms. The van der Waals surface area contributed by atoms with E-state index in [1.165, 1.54) is 26.2 Å². The van der Waals surface area contributed by atoms with Crippen molar-refractivity contribution in [1.82, 2.24) is 0 Å². The van der Waals surface area contributed by atoms with Gasteiger partial charge in [-0.25, -0.2) is 13.6 Å². The zero-order valence-electron chi connectivity index (χ0n) is 15.3. The Morgan fingerprint density at radius 1 is 1.03 bits per heavy atom. The van der Waals surface area contributed by atoms with Gasteiger partial charge >= 0.3 is 5.97 Å². The van der Waals surface area contributed by atoms with Crippen molar-refractivity contribution in [2.45, 2.75) is 13.0 Å². The van der Waals surface area contributed by atoms with Crippen molar-refractivity contribution in [2.24, 2.45) is 0 Å². The van der Waals surface area contributed by atoms with Gasteiger partial charge in [-0.3, -0.25) is 0 Å². The van der Waals surface area contributed by atoms with Crippen LogP contribution >= 0.6 is 0 Å². The van der Waals surface area contributed by atoms with Gasteiger partial charge in [-0.2, -0.15) is 9.65 Å². The molecule has 0 saturated heterocycles. The number of hydrogen-bond acceptors (Lipinski definition) is 5. The molecule has 0 saturated carbocycles. The minimum atomic E-state index is -1.61. The van der Waals surface area contributed by atoms with Crippen molar-refractivity contribution < 1.29 is 32.2 Å². The number of nitriles is 1. The zero-order chi connectivity index (χ0) is 21.1. The van der Waals surface area contributed by atoms with Crippen LogP contribution in [-0.4, -0.2) is 19.2 Å². The molecule has 0 aliphatic carbocycles. The molecule has 0 amide bonds. The summed E-state index contributed by atoms with van der Waals surface area (Å²) in [6.45, 7) is 1.51. The summed E-state index contributed by atoms with van der Waals surface area (Å²) in [4.78, 5) is 11.6. The lowest BCUT2D eigenvalue weighted by Gasteiger charge is -2.16. The molecule has 3 aromatic carbocycles. The van der Waals surface area contributed by atoms with Crippen LogP contribution in [0.25, 0.3) is 10.8 Å². The Morgan fingerprint density at radius 2 is 1.66 bits per heavy atom. The fourth-order valence-electron chi connectivity index (χ4n) is 2.71. The summed E-state index contributed by atoms with van der Waals surface area (Å²) in [6, 6.07) is 11.4. The van der Waals surface area contributed by atoms with E-state index >= 15 is 0 Å². The quantitative estimate of drug-likeness (QED) is 0.451. The number of nitrogens with zero attached hydrogens (tertiary/aromatic N) is 1. The summed E-state index contributed by atoms with van der Waals surface area (Å²) in [7, 11) is 1.23. The molecule has 29 heavy (non-hydrogen) atoms. The second-order valence-electron chi connectivity index (χ2n) is 5.97. The first-order chi connectivity index (χ1) is 13.9. The van der Waals surface area contributed by atoms with Gasteiger partial charge in [-0.15, -0.1) is 0 Å². The lowest BCUT2D eigenvalue weighted by molar-refractivity contribution is -0.147. The molecule has 0 fully saturated rings. The summed E-state index contributed by atoms with van der Waals surface area (Å²) in [6.07, 6.45) is -0.891. The Balaban J connectivity index is 2.05. The molecule has 3 rings (SSSR count). The van der Waals surface area contributed by atoms with E-state index in [0.29, 0.717) is 22.6 Å². The molecule has 0 heterocycles. The van der Waals surface area contributed by atoms with E-state index in [1.807, 2.05) is 0 Å². The monoisotopic (exact) mass is 401 g/mol. The second kappa shape index (κ2) is 8.10. The van der Waals surface area contributed by atoms with Crippen LogP contribution in [0.15, 0.2) is 42.5 Å². The number of carbonyl (C=O) groups excluding carboxylic acids is 1. The number of ether oxygens (including phenoxy) is 3. The molecule has 148 valence electrons. The SMILES string of the molecule is COC(=O)C(C)Oc1cccc2c(Oc3c(F)cc(C#N)c(F)c3F)cccc12. The molecule has 3 aromatic rings. The van der Waals surface area contributed by atoms with Gasteiger partial charge < -0.3 is 14.2 Å². The van der Waals surface area contributed by atoms with E-state index in [-0.39, 0.29) is 5.75 Å². The van der Waals surface area contributed by atoms with Crippen LogP contribution in [-0.2, 0) is 9.53 Å². The van der Waals surface area contributed by atoms with Gasteiger partial charge in [0, 0.05) is 10.8 Å². The van der Waals surface area contributed by atoms with E-state index in [9.17, 15) is 18.0 Å². The fourth-order valence-corrected chi connectivity index (χ4v) is 2.71. The van der Waals surface area contributed by atoms with Gasteiger partial charge in [0.1, 0.15) is 17.6 Å². The number of carbonyl (C=O) groups is 1. The standard InChI is InChI=1S/C21H14F3NO4/c1-11(21(26)27-2)28-16-7-3-6-14-13(16)5-4-8-17(14)29-20-15(22)9-12(10-25)18(23)19(20)24/h3-9,11H,1-2H3. The van der Waals surface area contributed by atoms with Gasteiger partial charge in [-0.05, 0) is 25.1 Å². The highest BCUT2D eigenvalue weighted by atomic mass is 19.2. The fraction of sp³-hybridized carbons (Fsp3) is 0.143. The number of benzene rings is 3. The number of methoxy groups -OCH3 is 1. The van der Waals surface area contributed by atoms with Crippen molar-refractivity contribution in [3.05, 3.63) is 65.5 Å². The lowest BCUT2D eigenvalue weighted by Crippen LogP contribution is -2.24. The summed E-state index contributed by atoms with van der Waals surface area (Å²) >= 11 is 0. The maximum absolute atomic E-state index is 14.2. The molecular formula is C21H14F3NO4. The van der Waals surface area contributed by atoms with Crippen LogP contribution in [0.5, 0.6) is 17.2 Å². The van der Waals surface area contributed by atoms with Gasteiger partial charge in [0.05, 0.1) is 12.7 Å². The molecule has 0 spiro atoms. The topological polar surface area (TPSA) is 68.6 Å². The molecular weight excluding hydrogens is 387 g/mol. The van der Waals surface area contributed by atoms with Gasteiger partial charge in [-0.1, -0.05) is 24.3 Å². The summed E-state index contributed by atoms with van der Waals surface area (Å²) in [5, 5.41) is 9.64. The molecule has 0 aliphatic rings. The van der Waals surface area contributed by atoms with Gasteiger partial charge in [0.2, 0.25) is 11.6 Å². The Bertz CT molecular complexity index is 1140. The van der Waals surface area contributed by atoms with E-state index in [4.69, 9.17) is 14.7 Å². The third-order valence-electron chi connectivity index (χ3n) is 4.13. The zero-order valence-corrected chi connectivity index (χ0v) is 15.3. The minimum absolute atomic E-state index is 0.0283. The Kier molecular flexibility index (Phi) is 5.59. The summed E-state index contributed by atoms with van der Waals surface area (Å²) in [5.74, 6) is -5.53. The van der Waals surface area contributed by atoms with Crippen molar-refractivity contribution in [3.8, 4) is 23.3 Å². The number of rotatable bonds is 5. The Hall–Kier alpha value is -3.73. The average molecular weight is 401 g/mol. The van der Waals surface area contributed by atoms with Crippen LogP contribution in [0.3, 0.4) is 0 Å². The smallest absolute Gasteiger partial charge is 0.346 e. The maximum Gasteiger partial charge on any atom is 0.346 e.